The van der Waals surface area contributed by atoms with Gasteiger partial charge in [-0.3, -0.25) is 9.59 Å². The third-order valence-electron chi connectivity index (χ3n) is 3.58. The predicted octanol–water partition coefficient (Wildman–Crippen LogP) is 1.93. The van der Waals surface area contributed by atoms with Crippen LogP contribution in [0.1, 0.15) is 21.5 Å². The van der Waals surface area contributed by atoms with Gasteiger partial charge in [0.25, 0.3) is 11.8 Å². The molecule has 0 aliphatic rings. The van der Waals surface area contributed by atoms with Crippen molar-refractivity contribution in [3.05, 3.63) is 59.4 Å². The average Bonchev–Trinajstić information content (AvgIpc) is 2.50. The molecule has 0 bridgehead atoms. The van der Waals surface area contributed by atoms with E-state index < -0.39 is 0 Å². The number of benzene rings is 1. The second kappa shape index (κ2) is 9.04. The number of hydrogen-bond acceptors (Lipinski definition) is 2. The van der Waals surface area contributed by atoms with Crippen LogP contribution in [0.5, 0.6) is 0 Å². The largest absolute Gasteiger partial charge is 0.345 e. The van der Waals surface area contributed by atoms with E-state index in [0.29, 0.717) is 5.56 Å². The Hall–Kier alpha value is -1.59. The van der Waals surface area contributed by atoms with Crippen molar-refractivity contribution in [3.8, 4) is 0 Å². The van der Waals surface area contributed by atoms with Crippen molar-refractivity contribution in [1.29, 1.82) is 0 Å². The molecule has 0 saturated heterocycles. The zero-order valence-electron chi connectivity index (χ0n) is 14.5. The van der Waals surface area contributed by atoms with Gasteiger partial charge < -0.3 is 10.2 Å². The monoisotopic (exact) mass is 401 g/mol. The van der Waals surface area contributed by atoms with Crippen molar-refractivity contribution in [1.82, 2.24) is 4.90 Å². The standard InChI is InChI=1S/C18H21N3O2.Y/c1-13-7-5-8-14(2)17(13)19-16(22)12-21-10-6-9-15(11-21)18(23)20(3)4;/h5-11H,12H2,1-4H3;/p+1. The van der Waals surface area contributed by atoms with Crippen LogP contribution in [-0.2, 0) is 44.0 Å². The van der Waals surface area contributed by atoms with Crippen molar-refractivity contribution >= 4 is 17.5 Å². The molecule has 1 radical (unpaired) electrons. The van der Waals surface area contributed by atoms with E-state index in [1.807, 2.05) is 32.0 Å². The molecule has 123 valence electrons. The first kappa shape index (κ1) is 20.5. The summed E-state index contributed by atoms with van der Waals surface area (Å²) in [5.74, 6) is -0.212. The number of para-hydroxylation sites is 1. The number of nitrogens with zero attached hydrogens (tertiary/aromatic N) is 2. The van der Waals surface area contributed by atoms with Crippen LogP contribution in [0.2, 0.25) is 0 Å². The van der Waals surface area contributed by atoms with Gasteiger partial charge in [0.15, 0.2) is 12.4 Å². The van der Waals surface area contributed by atoms with E-state index in [-0.39, 0.29) is 51.1 Å². The number of hydrogen-bond donors (Lipinski definition) is 1. The van der Waals surface area contributed by atoms with E-state index >= 15 is 0 Å². The smallest absolute Gasteiger partial charge is 0.290 e. The summed E-state index contributed by atoms with van der Waals surface area (Å²) in [6.45, 7) is 4.08. The van der Waals surface area contributed by atoms with Gasteiger partial charge in [0, 0.05) is 58.6 Å². The molecule has 1 N–H and O–H groups in total. The van der Waals surface area contributed by atoms with Crippen molar-refractivity contribution in [2.75, 3.05) is 19.4 Å². The molecule has 0 aliphatic heterocycles. The minimum Gasteiger partial charge on any atom is -0.345 e. The van der Waals surface area contributed by atoms with Gasteiger partial charge in [-0.05, 0) is 31.0 Å². The Balaban J connectivity index is 0.00000288. The van der Waals surface area contributed by atoms with Gasteiger partial charge in [0.05, 0.1) is 0 Å². The molecule has 6 heteroatoms. The number of amides is 2. The predicted molar refractivity (Wildman–Crippen MR) is 89.2 cm³/mol. The van der Waals surface area contributed by atoms with E-state index in [4.69, 9.17) is 0 Å². The Kier molecular flexibility index (Phi) is 7.71. The molecule has 5 nitrogen and oxygen atoms in total. The Morgan fingerprint density at radius 3 is 2.29 bits per heavy atom. The fourth-order valence-corrected chi connectivity index (χ4v) is 2.36. The minimum absolute atomic E-state index is 0. The molecule has 2 aromatic rings. The number of carbonyl (C=O) groups is 2. The molecule has 0 atom stereocenters. The van der Waals surface area contributed by atoms with E-state index in [1.54, 1.807) is 43.2 Å². The summed E-state index contributed by atoms with van der Waals surface area (Å²) in [5.41, 5.74) is 3.45. The van der Waals surface area contributed by atoms with Crippen LogP contribution in [0.3, 0.4) is 0 Å². The van der Waals surface area contributed by atoms with Gasteiger partial charge in [-0.2, -0.15) is 4.57 Å². The number of anilines is 1. The maximum absolute atomic E-state index is 12.3. The summed E-state index contributed by atoms with van der Waals surface area (Å²) in [6, 6.07) is 9.40. The number of aromatic nitrogens is 1. The summed E-state index contributed by atoms with van der Waals surface area (Å²) in [5, 5.41) is 2.94. The summed E-state index contributed by atoms with van der Waals surface area (Å²) in [4.78, 5) is 25.8. The normalized spacial score (nSPS) is 9.83. The van der Waals surface area contributed by atoms with Crippen molar-refractivity contribution < 1.29 is 46.9 Å². The van der Waals surface area contributed by atoms with Crippen LogP contribution in [0.15, 0.2) is 42.7 Å². The first-order valence-corrected chi connectivity index (χ1v) is 7.45. The molecule has 0 unspecified atom stereocenters. The zero-order chi connectivity index (χ0) is 17.0. The number of carbonyl (C=O) groups excluding carboxylic acids is 2. The van der Waals surface area contributed by atoms with E-state index in [9.17, 15) is 9.59 Å². The number of rotatable bonds is 4. The third-order valence-corrected chi connectivity index (χ3v) is 3.58. The summed E-state index contributed by atoms with van der Waals surface area (Å²) in [6.07, 6.45) is 3.46. The summed E-state index contributed by atoms with van der Waals surface area (Å²) in [7, 11) is 3.40. The van der Waals surface area contributed by atoms with Crippen LogP contribution in [0.4, 0.5) is 5.69 Å². The third kappa shape index (κ3) is 5.21. The molecule has 1 aromatic carbocycles. The van der Waals surface area contributed by atoms with Gasteiger partial charge in [-0.25, -0.2) is 0 Å². The van der Waals surface area contributed by atoms with Crippen molar-refractivity contribution in [3.63, 3.8) is 0 Å². The van der Waals surface area contributed by atoms with Crippen molar-refractivity contribution in [2.45, 2.75) is 20.4 Å². The van der Waals surface area contributed by atoms with Gasteiger partial charge in [0.1, 0.15) is 5.56 Å². The summed E-state index contributed by atoms with van der Waals surface area (Å²) >= 11 is 0. The molecule has 0 saturated carbocycles. The molecule has 0 fully saturated rings. The molecule has 0 aliphatic carbocycles. The van der Waals surface area contributed by atoms with E-state index in [1.165, 1.54) is 4.90 Å². The van der Waals surface area contributed by atoms with Crippen molar-refractivity contribution in [2.24, 2.45) is 0 Å². The molecule has 2 rings (SSSR count). The van der Waals surface area contributed by atoms with Crippen LogP contribution < -0.4 is 9.88 Å². The van der Waals surface area contributed by atoms with Gasteiger partial charge >= 0.3 is 0 Å². The molecular weight excluding hydrogens is 379 g/mol. The topological polar surface area (TPSA) is 53.3 Å². The fraction of sp³-hybridized carbons (Fsp3) is 0.278. The Morgan fingerprint density at radius 2 is 1.71 bits per heavy atom. The Labute approximate surface area is 167 Å². The second-order valence-corrected chi connectivity index (χ2v) is 5.78. The fourth-order valence-electron chi connectivity index (χ4n) is 2.36. The molecule has 1 aromatic heterocycles. The Morgan fingerprint density at radius 1 is 1.08 bits per heavy atom. The van der Waals surface area contributed by atoms with Gasteiger partial charge in [-0.15, -0.1) is 0 Å². The van der Waals surface area contributed by atoms with E-state index in [0.717, 1.165) is 16.8 Å². The van der Waals surface area contributed by atoms with E-state index in [2.05, 4.69) is 5.32 Å². The van der Waals surface area contributed by atoms with Crippen LogP contribution >= 0.6 is 0 Å². The molecule has 24 heavy (non-hydrogen) atoms. The SMILES string of the molecule is Cc1cccc(C)c1NC(=O)C[n+]1cccc(C(=O)N(C)C)c1.[Y]. The maximum Gasteiger partial charge on any atom is 0.290 e. The molecule has 0 spiro atoms. The zero-order valence-corrected chi connectivity index (χ0v) is 17.4. The molecule has 1 heterocycles. The minimum atomic E-state index is -0.123. The average molecular weight is 401 g/mol. The first-order chi connectivity index (χ1) is 10.9. The van der Waals surface area contributed by atoms with Crippen LogP contribution in [0, 0.1) is 13.8 Å². The quantitative estimate of drug-likeness (QED) is 0.797. The molecule has 2 amide bonds. The number of nitrogens with one attached hydrogen (secondary N) is 1. The Bertz CT molecular complexity index is 725. The van der Waals surface area contributed by atoms with Crippen LogP contribution in [-0.4, -0.2) is 30.8 Å². The first-order valence-electron chi connectivity index (χ1n) is 7.45. The number of aryl methyl sites for hydroxylation is 2. The second-order valence-electron chi connectivity index (χ2n) is 5.78. The van der Waals surface area contributed by atoms with Gasteiger partial charge in [-0.1, -0.05) is 18.2 Å². The maximum atomic E-state index is 12.3. The van der Waals surface area contributed by atoms with Crippen LogP contribution in [0.25, 0.3) is 0 Å². The number of pyridine rings is 1. The molecular formula is C18H22N3O2Y+. The van der Waals surface area contributed by atoms with Gasteiger partial charge in [0.2, 0.25) is 6.54 Å². The summed E-state index contributed by atoms with van der Waals surface area (Å²) < 4.78 is 1.71.